The SMILES string of the molecule is CNC(CCCCS(=O)(=O)C(C)(C)C)c1ccccc1. The van der Waals surface area contributed by atoms with E-state index < -0.39 is 14.6 Å². The first-order chi connectivity index (χ1) is 9.28. The Bertz CT molecular complexity index is 489. The summed E-state index contributed by atoms with van der Waals surface area (Å²) in [4.78, 5) is 0. The average Bonchev–Trinajstić information content (AvgIpc) is 2.38. The van der Waals surface area contributed by atoms with Gasteiger partial charge in [-0.05, 0) is 46.2 Å². The van der Waals surface area contributed by atoms with Crippen LogP contribution in [0.1, 0.15) is 51.6 Å². The number of unbranched alkanes of at least 4 members (excludes halogenated alkanes) is 1. The lowest BCUT2D eigenvalue weighted by atomic mass is 10.0. The second kappa shape index (κ2) is 7.23. The lowest BCUT2D eigenvalue weighted by Crippen LogP contribution is -2.30. The molecule has 1 rings (SSSR count). The second-order valence-electron chi connectivity index (χ2n) is 6.18. The predicted molar refractivity (Wildman–Crippen MR) is 85.6 cm³/mol. The molecule has 1 aromatic carbocycles. The van der Waals surface area contributed by atoms with Crippen molar-refractivity contribution in [3.63, 3.8) is 0 Å². The van der Waals surface area contributed by atoms with Crippen molar-refractivity contribution in [1.29, 1.82) is 0 Å². The topological polar surface area (TPSA) is 46.2 Å². The molecule has 0 aliphatic carbocycles. The minimum Gasteiger partial charge on any atom is -0.313 e. The Morgan fingerprint density at radius 2 is 1.70 bits per heavy atom. The Morgan fingerprint density at radius 1 is 1.10 bits per heavy atom. The summed E-state index contributed by atoms with van der Waals surface area (Å²) in [5.74, 6) is 0.279. The first-order valence-electron chi connectivity index (χ1n) is 7.22. The van der Waals surface area contributed by atoms with Crippen LogP contribution in [0.15, 0.2) is 30.3 Å². The predicted octanol–water partition coefficient (Wildman–Crippen LogP) is 3.33. The fourth-order valence-electron chi connectivity index (χ4n) is 2.11. The Labute approximate surface area is 123 Å². The lowest BCUT2D eigenvalue weighted by molar-refractivity contribution is 0.516. The molecule has 0 heterocycles. The van der Waals surface area contributed by atoms with Gasteiger partial charge in [0.1, 0.15) is 0 Å². The van der Waals surface area contributed by atoms with E-state index in [9.17, 15) is 8.42 Å². The van der Waals surface area contributed by atoms with Gasteiger partial charge in [-0.15, -0.1) is 0 Å². The van der Waals surface area contributed by atoms with Crippen molar-refractivity contribution in [2.75, 3.05) is 12.8 Å². The molecule has 1 N–H and O–H groups in total. The van der Waals surface area contributed by atoms with Gasteiger partial charge in [0.15, 0.2) is 9.84 Å². The largest absolute Gasteiger partial charge is 0.313 e. The zero-order valence-corrected chi connectivity index (χ0v) is 13.8. The van der Waals surface area contributed by atoms with Crippen LogP contribution < -0.4 is 5.32 Å². The van der Waals surface area contributed by atoms with Crippen molar-refractivity contribution in [2.45, 2.75) is 50.8 Å². The summed E-state index contributed by atoms with van der Waals surface area (Å²) >= 11 is 0. The van der Waals surface area contributed by atoms with Crippen molar-refractivity contribution in [3.8, 4) is 0 Å². The first kappa shape index (κ1) is 17.2. The first-order valence-corrected chi connectivity index (χ1v) is 8.87. The van der Waals surface area contributed by atoms with Crippen LogP contribution in [0.5, 0.6) is 0 Å². The average molecular weight is 297 g/mol. The van der Waals surface area contributed by atoms with Gasteiger partial charge >= 0.3 is 0 Å². The summed E-state index contributed by atoms with van der Waals surface area (Å²) in [5.41, 5.74) is 1.26. The normalized spacial score (nSPS) is 14.2. The number of rotatable bonds is 7. The van der Waals surface area contributed by atoms with E-state index in [0.29, 0.717) is 6.04 Å². The van der Waals surface area contributed by atoms with E-state index in [-0.39, 0.29) is 5.75 Å². The van der Waals surface area contributed by atoms with Crippen molar-refractivity contribution in [2.24, 2.45) is 0 Å². The third-order valence-electron chi connectivity index (χ3n) is 3.64. The van der Waals surface area contributed by atoms with Gasteiger partial charge in [-0.25, -0.2) is 8.42 Å². The Hall–Kier alpha value is -0.870. The molecule has 0 aliphatic heterocycles. The third-order valence-corrected chi connectivity index (χ3v) is 6.33. The van der Waals surface area contributed by atoms with Gasteiger partial charge in [0.25, 0.3) is 0 Å². The molecular formula is C16H27NO2S. The zero-order chi connectivity index (χ0) is 15.2. The van der Waals surface area contributed by atoms with Crippen LogP contribution in [0, 0.1) is 0 Å². The summed E-state index contributed by atoms with van der Waals surface area (Å²) < 4.78 is 23.4. The van der Waals surface area contributed by atoms with E-state index in [1.807, 2.05) is 25.2 Å². The molecule has 0 amide bonds. The fourth-order valence-corrected chi connectivity index (χ4v) is 3.31. The molecule has 0 aromatic heterocycles. The quantitative estimate of drug-likeness (QED) is 0.785. The van der Waals surface area contributed by atoms with Gasteiger partial charge in [-0.1, -0.05) is 36.8 Å². The highest BCUT2D eigenvalue weighted by Gasteiger charge is 2.28. The van der Waals surface area contributed by atoms with Gasteiger partial charge in [-0.3, -0.25) is 0 Å². The minimum absolute atomic E-state index is 0.279. The van der Waals surface area contributed by atoms with Crippen molar-refractivity contribution < 1.29 is 8.42 Å². The number of hydrogen-bond donors (Lipinski definition) is 1. The van der Waals surface area contributed by atoms with Gasteiger partial charge in [-0.2, -0.15) is 0 Å². The number of sulfone groups is 1. The molecule has 0 bridgehead atoms. The Morgan fingerprint density at radius 3 is 2.20 bits per heavy atom. The number of benzene rings is 1. The molecule has 0 aliphatic rings. The molecule has 0 spiro atoms. The monoisotopic (exact) mass is 297 g/mol. The Kier molecular flexibility index (Phi) is 6.21. The number of hydrogen-bond acceptors (Lipinski definition) is 3. The van der Waals surface area contributed by atoms with Crippen LogP contribution in [-0.2, 0) is 9.84 Å². The van der Waals surface area contributed by atoms with E-state index >= 15 is 0 Å². The van der Waals surface area contributed by atoms with Gasteiger partial charge < -0.3 is 5.32 Å². The maximum atomic E-state index is 12.0. The van der Waals surface area contributed by atoms with E-state index in [4.69, 9.17) is 0 Å². The minimum atomic E-state index is -2.99. The standard InChI is InChI=1S/C16H27NO2S/c1-16(2,3)20(18,19)13-9-8-12-15(17-4)14-10-6-5-7-11-14/h5-7,10-11,15,17H,8-9,12-13H2,1-4H3. The highest BCUT2D eigenvalue weighted by molar-refractivity contribution is 7.92. The van der Waals surface area contributed by atoms with Crippen LogP contribution in [-0.4, -0.2) is 26.0 Å². The van der Waals surface area contributed by atoms with E-state index in [1.165, 1.54) is 5.56 Å². The van der Waals surface area contributed by atoms with Crippen LogP contribution in [0.3, 0.4) is 0 Å². The fraction of sp³-hybridized carbons (Fsp3) is 0.625. The van der Waals surface area contributed by atoms with Crippen molar-refractivity contribution >= 4 is 9.84 Å². The van der Waals surface area contributed by atoms with E-state index in [2.05, 4.69) is 17.4 Å². The van der Waals surface area contributed by atoms with Crippen molar-refractivity contribution in [1.82, 2.24) is 5.32 Å². The van der Waals surface area contributed by atoms with E-state index in [0.717, 1.165) is 19.3 Å². The molecular weight excluding hydrogens is 270 g/mol. The molecule has 114 valence electrons. The summed E-state index contributed by atoms with van der Waals surface area (Å²) in [7, 11) is -1.04. The number of nitrogens with one attached hydrogen (secondary N) is 1. The molecule has 0 saturated carbocycles. The van der Waals surface area contributed by atoms with Crippen LogP contribution in [0.2, 0.25) is 0 Å². The van der Waals surface area contributed by atoms with Gasteiger partial charge in [0, 0.05) is 6.04 Å². The smallest absolute Gasteiger partial charge is 0.155 e. The molecule has 1 aromatic rings. The molecule has 1 unspecified atom stereocenters. The van der Waals surface area contributed by atoms with Crippen molar-refractivity contribution in [3.05, 3.63) is 35.9 Å². The second-order valence-corrected chi connectivity index (χ2v) is 9.04. The van der Waals surface area contributed by atoms with Gasteiger partial charge in [0.05, 0.1) is 10.5 Å². The summed E-state index contributed by atoms with van der Waals surface area (Å²) in [6.45, 7) is 5.30. The molecule has 0 saturated heterocycles. The summed E-state index contributed by atoms with van der Waals surface area (Å²) in [5, 5.41) is 3.30. The maximum Gasteiger partial charge on any atom is 0.155 e. The Balaban J connectivity index is 2.44. The highest BCUT2D eigenvalue weighted by Crippen LogP contribution is 2.21. The molecule has 1 atom stereocenters. The molecule has 0 fully saturated rings. The third kappa shape index (κ3) is 4.91. The van der Waals surface area contributed by atoms with Gasteiger partial charge in [0.2, 0.25) is 0 Å². The molecule has 20 heavy (non-hydrogen) atoms. The zero-order valence-electron chi connectivity index (χ0n) is 13.0. The highest BCUT2D eigenvalue weighted by atomic mass is 32.2. The molecule has 4 heteroatoms. The van der Waals surface area contributed by atoms with Crippen LogP contribution in [0.25, 0.3) is 0 Å². The molecule has 3 nitrogen and oxygen atoms in total. The summed E-state index contributed by atoms with van der Waals surface area (Å²) in [6, 6.07) is 10.6. The lowest BCUT2D eigenvalue weighted by Gasteiger charge is -2.20. The maximum absolute atomic E-state index is 12.0. The molecule has 0 radical (unpaired) electrons. The van der Waals surface area contributed by atoms with Crippen LogP contribution in [0.4, 0.5) is 0 Å². The van der Waals surface area contributed by atoms with E-state index in [1.54, 1.807) is 20.8 Å². The summed E-state index contributed by atoms with van der Waals surface area (Å²) in [6.07, 6.45) is 2.60. The van der Waals surface area contributed by atoms with Crippen LogP contribution >= 0.6 is 0 Å².